The minimum Gasteiger partial charge on any atom is -0.259 e. The molecule has 0 saturated heterocycles. The van der Waals surface area contributed by atoms with E-state index in [1.807, 2.05) is 31.2 Å². The summed E-state index contributed by atoms with van der Waals surface area (Å²) in [6, 6.07) is 13.1. The van der Waals surface area contributed by atoms with E-state index >= 15 is 0 Å². The first-order chi connectivity index (χ1) is 13.0. The molecule has 0 bridgehead atoms. The Morgan fingerprint density at radius 2 is 1.78 bits per heavy atom. The number of hydrazone groups is 1. The molecule has 4 rings (SSSR count). The molecular weight excluding hydrogens is 405 g/mol. The van der Waals surface area contributed by atoms with Crippen molar-refractivity contribution < 1.29 is 0 Å². The lowest BCUT2D eigenvalue weighted by atomic mass is 10.1. The van der Waals surface area contributed by atoms with Gasteiger partial charge in [0.25, 0.3) is 0 Å². The number of halogens is 3. The van der Waals surface area contributed by atoms with Crippen LogP contribution in [0.15, 0.2) is 47.6 Å². The van der Waals surface area contributed by atoms with E-state index in [-0.39, 0.29) is 5.15 Å². The number of hydrogen-bond donors (Lipinski definition) is 1. The molecule has 0 fully saturated rings. The van der Waals surface area contributed by atoms with Crippen molar-refractivity contribution in [2.24, 2.45) is 5.10 Å². The molecule has 5 nitrogen and oxygen atoms in total. The maximum Gasteiger partial charge on any atom is 0.185 e. The maximum absolute atomic E-state index is 6.28. The van der Waals surface area contributed by atoms with Crippen LogP contribution in [0.2, 0.25) is 15.3 Å². The van der Waals surface area contributed by atoms with Gasteiger partial charge >= 0.3 is 0 Å². The second-order valence-electron chi connectivity index (χ2n) is 5.88. The number of pyridine rings is 1. The molecule has 0 aliphatic carbocycles. The maximum atomic E-state index is 6.28. The fourth-order valence-electron chi connectivity index (χ4n) is 2.67. The van der Waals surface area contributed by atoms with E-state index in [1.54, 1.807) is 24.4 Å². The molecule has 0 radical (unpaired) electrons. The van der Waals surface area contributed by atoms with Gasteiger partial charge in [0.1, 0.15) is 5.15 Å². The zero-order valence-electron chi connectivity index (χ0n) is 14.0. The Balaban J connectivity index is 1.64. The second kappa shape index (κ2) is 7.27. The highest BCUT2D eigenvalue weighted by atomic mass is 35.5. The minimum atomic E-state index is 0.209. The van der Waals surface area contributed by atoms with Gasteiger partial charge in [-0.3, -0.25) is 5.43 Å². The number of benzene rings is 2. The quantitative estimate of drug-likeness (QED) is 0.257. The van der Waals surface area contributed by atoms with E-state index in [0.717, 1.165) is 16.5 Å². The molecule has 1 N–H and O–H groups in total. The van der Waals surface area contributed by atoms with Crippen molar-refractivity contribution in [1.82, 2.24) is 15.0 Å². The monoisotopic (exact) mass is 415 g/mol. The first kappa shape index (κ1) is 17.9. The number of rotatable bonds is 3. The Bertz CT molecular complexity index is 1210. The first-order valence-corrected chi connectivity index (χ1v) is 9.12. The third-order valence-corrected chi connectivity index (χ3v) is 4.79. The second-order valence-corrected chi connectivity index (χ2v) is 7.03. The van der Waals surface area contributed by atoms with Crippen molar-refractivity contribution in [2.45, 2.75) is 6.92 Å². The van der Waals surface area contributed by atoms with Crippen molar-refractivity contribution in [3.8, 4) is 0 Å². The highest BCUT2D eigenvalue weighted by molar-refractivity contribution is 6.33. The molecule has 0 unspecified atom stereocenters. The van der Waals surface area contributed by atoms with E-state index < -0.39 is 0 Å². The number of nitrogens with one attached hydrogen (secondary N) is 1. The molecule has 0 saturated carbocycles. The average molecular weight is 417 g/mol. The van der Waals surface area contributed by atoms with E-state index in [2.05, 4.69) is 25.5 Å². The zero-order valence-corrected chi connectivity index (χ0v) is 16.3. The van der Waals surface area contributed by atoms with Gasteiger partial charge in [0.2, 0.25) is 0 Å². The fourth-order valence-corrected chi connectivity index (χ4v) is 3.20. The van der Waals surface area contributed by atoms with Crippen LogP contribution in [0, 0.1) is 6.92 Å². The van der Waals surface area contributed by atoms with Crippen molar-refractivity contribution in [1.29, 1.82) is 0 Å². The Morgan fingerprint density at radius 1 is 0.926 bits per heavy atom. The predicted molar refractivity (Wildman–Crippen MR) is 112 cm³/mol. The smallest absolute Gasteiger partial charge is 0.185 e. The van der Waals surface area contributed by atoms with Crippen LogP contribution in [-0.2, 0) is 0 Å². The Hall–Kier alpha value is -2.47. The van der Waals surface area contributed by atoms with Crippen molar-refractivity contribution in [2.75, 3.05) is 5.43 Å². The fraction of sp³-hybridized carbons (Fsp3) is 0.0526. The number of para-hydroxylation sites is 1. The Morgan fingerprint density at radius 3 is 2.63 bits per heavy atom. The summed E-state index contributed by atoms with van der Waals surface area (Å²) in [5, 5.41) is 6.30. The van der Waals surface area contributed by atoms with Crippen molar-refractivity contribution >= 4 is 68.8 Å². The highest BCUT2D eigenvalue weighted by Gasteiger charge is 2.08. The van der Waals surface area contributed by atoms with E-state index in [1.165, 1.54) is 0 Å². The molecule has 2 aromatic heterocycles. The summed E-state index contributed by atoms with van der Waals surface area (Å²) in [6.07, 6.45) is 1.57. The topological polar surface area (TPSA) is 63.1 Å². The third-order valence-electron chi connectivity index (χ3n) is 3.99. The van der Waals surface area contributed by atoms with Crippen LogP contribution >= 0.6 is 34.8 Å². The predicted octanol–water partition coefficient (Wildman–Crippen LogP) is 5.89. The molecule has 2 aromatic carbocycles. The summed E-state index contributed by atoms with van der Waals surface area (Å²) >= 11 is 18.5. The molecule has 0 atom stereocenters. The summed E-state index contributed by atoms with van der Waals surface area (Å²) in [4.78, 5) is 13.1. The number of nitrogens with zero attached hydrogens (tertiary/aromatic N) is 4. The van der Waals surface area contributed by atoms with Gasteiger partial charge in [0.05, 0.1) is 22.8 Å². The molecule has 0 spiro atoms. The van der Waals surface area contributed by atoms with Crippen molar-refractivity contribution in [3.05, 3.63) is 68.9 Å². The number of aryl methyl sites for hydroxylation is 1. The van der Waals surface area contributed by atoms with Gasteiger partial charge in [-0.1, -0.05) is 53.0 Å². The standard InChI is InChI=1S/C19H12Cl3N5/c1-10-3-2-4-11-7-12(17(21)26-16(10)11)9-23-27-19-18(22)24-14-6-5-13(20)8-15(14)25-19/h2-9H,1H3,(H,25,27)/b23-9-. The summed E-state index contributed by atoms with van der Waals surface area (Å²) in [6.45, 7) is 1.99. The zero-order chi connectivity index (χ0) is 19.0. The molecule has 0 amide bonds. The number of aromatic nitrogens is 3. The number of hydrogen-bond acceptors (Lipinski definition) is 5. The SMILES string of the molecule is Cc1cccc2cc(/C=N\Nc3nc4cc(Cl)ccc4nc3Cl)c(Cl)nc12. The molecule has 0 aliphatic rings. The first-order valence-electron chi connectivity index (χ1n) is 7.99. The van der Waals surface area contributed by atoms with Gasteiger partial charge < -0.3 is 0 Å². The molecule has 0 aliphatic heterocycles. The van der Waals surface area contributed by atoms with Gasteiger partial charge in [-0.15, -0.1) is 0 Å². The summed E-state index contributed by atoms with van der Waals surface area (Å²) in [7, 11) is 0. The van der Waals surface area contributed by atoms with Crippen LogP contribution in [0.3, 0.4) is 0 Å². The van der Waals surface area contributed by atoms with Gasteiger partial charge in [-0.05, 0) is 36.8 Å². The lowest BCUT2D eigenvalue weighted by molar-refractivity contribution is 1.22. The summed E-state index contributed by atoms with van der Waals surface area (Å²) in [5.41, 5.74) is 6.67. The molecule has 4 aromatic rings. The van der Waals surface area contributed by atoms with Crippen molar-refractivity contribution in [3.63, 3.8) is 0 Å². The van der Waals surface area contributed by atoms with Gasteiger partial charge in [0.15, 0.2) is 11.0 Å². The van der Waals surface area contributed by atoms with E-state index in [0.29, 0.717) is 32.6 Å². The van der Waals surface area contributed by atoms with Gasteiger partial charge in [-0.25, -0.2) is 15.0 Å². The van der Waals surface area contributed by atoms with Crippen LogP contribution < -0.4 is 5.43 Å². The minimum absolute atomic E-state index is 0.209. The number of anilines is 1. The molecular formula is C19H12Cl3N5. The van der Waals surface area contributed by atoms with Crippen LogP contribution in [0.25, 0.3) is 21.9 Å². The van der Waals surface area contributed by atoms with Crippen LogP contribution in [0.4, 0.5) is 5.82 Å². The highest BCUT2D eigenvalue weighted by Crippen LogP contribution is 2.24. The summed E-state index contributed by atoms with van der Waals surface area (Å²) in [5.74, 6) is 0.323. The summed E-state index contributed by atoms with van der Waals surface area (Å²) < 4.78 is 0. The van der Waals surface area contributed by atoms with Gasteiger partial charge in [0, 0.05) is 16.0 Å². The van der Waals surface area contributed by atoms with E-state index in [4.69, 9.17) is 34.8 Å². The Labute approximate surface area is 170 Å². The van der Waals surface area contributed by atoms with Crippen LogP contribution in [0.1, 0.15) is 11.1 Å². The van der Waals surface area contributed by atoms with E-state index in [9.17, 15) is 0 Å². The van der Waals surface area contributed by atoms with Gasteiger partial charge in [-0.2, -0.15) is 5.10 Å². The van der Waals surface area contributed by atoms with Crippen LogP contribution in [0.5, 0.6) is 0 Å². The third kappa shape index (κ3) is 3.67. The number of fused-ring (bicyclic) bond motifs is 2. The lowest BCUT2D eigenvalue weighted by Gasteiger charge is -2.06. The van der Waals surface area contributed by atoms with Crippen LogP contribution in [-0.4, -0.2) is 21.2 Å². The molecule has 8 heteroatoms. The Kier molecular flexibility index (Phi) is 4.83. The average Bonchev–Trinajstić information content (AvgIpc) is 2.64. The molecule has 27 heavy (non-hydrogen) atoms. The largest absolute Gasteiger partial charge is 0.259 e. The molecule has 2 heterocycles. The lowest BCUT2D eigenvalue weighted by Crippen LogP contribution is -1.98. The normalized spacial score (nSPS) is 11.6. The molecule has 134 valence electrons.